The van der Waals surface area contributed by atoms with Crippen LogP contribution in [0.15, 0.2) is 309 Å². The lowest BCUT2D eigenvalue weighted by molar-refractivity contribution is -0.571. The van der Waals surface area contributed by atoms with Gasteiger partial charge in [0.15, 0.2) is 0 Å². The van der Waals surface area contributed by atoms with E-state index in [1.165, 1.54) is 45.5 Å². The Bertz CT molecular complexity index is 6430. The maximum Gasteiger partial charge on any atom is 0.269 e. The fourth-order valence-electron chi connectivity index (χ4n) is 10.5. The first-order valence-corrected chi connectivity index (χ1v) is 27.2. The number of ether oxygens (including phenoxy) is 1. The summed E-state index contributed by atoms with van der Waals surface area (Å²) in [5, 5.41) is 1.77. The Morgan fingerprint density at radius 1 is 0.414 bits per heavy atom. The van der Waals surface area contributed by atoms with E-state index in [0.717, 1.165) is 21.9 Å². The number of hydrogen-bond acceptors (Lipinski definition) is 2. The maximum absolute atomic E-state index is 10.5. The van der Waals surface area contributed by atoms with Gasteiger partial charge in [0.1, 0.15) is 17.3 Å². The van der Waals surface area contributed by atoms with Crippen molar-refractivity contribution < 1.29 is 51.8 Å². The molecule has 0 unspecified atom stereocenters. The average molecular weight is 1150 g/mol. The Morgan fingerprint density at radius 2 is 0.908 bits per heavy atom. The van der Waals surface area contributed by atoms with E-state index in [4.69, 9.17) is 30.3 Å². The number of benzene rings is 12. The summed E-state index contributed by atoms with van der Waals surface area (Å²) in [7, 11) is 0. The summed E-state index contributed by atoms with van der Waals surface area (Å²) < 4.78 is 299. The zero-order valence-electron chi connectivity index (χ0n) is 77.2. The summed E-state index contributed by atoms with van der Waals surface area (Å²) in [5.74, 6) is 1.11. The third kappa shape index (κ3) is 10.2. The molecule has 0 amide bonds. The highest BCUT2D eigenvalue weighted by molar-refractivity contribution is 6.09. The highest BCUT2D eigenvalue weighted by Gasteiger charge is 2.24. The normalized spacial score (nSPS) is 16.6. The minimum absolute atomic E-state index is 0.00480. The molecule has 0 aliphatic rings. The lowest BCUT2D eigenvalue weighted by atomic mass is 9.88. The van der Waals surface area contributed by atoms with Gasteiger partial charge in [-0.3, -0.25) is 13.7 Å². The van der Waals surface area contributed by atoms with E-state index in [0.29, 0.717) is 17.1 Å². The van der Waals surface area contributed by atoms with Crippen molar-refractivity contribution in [3.8, 4) is 107 Å². The number of rotatable bonds is 12. The predicted molar refractivity (Wildman–Crippen MR) is 359 cm³/mol. The molecule has 12 aromatic carbocycles. The Hall–Kier alpha value is -11.1. The van der Waals surface area contributed by atoms with E-state index in [1.807, 2.05) is 53.1 Å². The fraction of sp³-hybridized carbons (Fsp3) is 0.0488. The highest BCUT2D eigenvalue weighted by atomic mass is 16.5. The molecule has 0 saturated carbocycles. The van der Waals surface area contributed by atoms with Crippen LogP contribution in [-0.4, -0.2) is 14.1 Å². The van der Waals surface area contributed by atoms with Crippen LogP contribution in [0, 0.1) is 6.33 Å². The number of fused-ring (bicyclic) bond motifs is 4. The summed E-state index contributed by atoms with van der Waals surface area (Å²) in [6.45, 7) is 6.27. The van der Waals surface area contributed by atoms with Crippen LogP contribution < -0.4 is 9.30 Å². The third-order valence-corrected chi connectivity index (χ3v) is 14.5. The average Bonchev–Trinajstić information content (AvgIpc) is 1.01. The van der Waals surface area contributed by atoms with Crippen LogP contribution in [0.1, 0.15) is 68.8 Å². The molecule has 3 heterocycles. The lowest BCUT2D eigenvalue weighted by Gasteiger charge is -2.20. The summed E-state index contributed by atoms with van der Waals surface area (Å²) >= 11 is 0. The number of para-hydroxylation sites is 2. The number of nitrogens with zero attached hydrogens (tertiary/aromatic N) is 4. The number of hydrogen-bond donors (Lipinski definition) is 0. The molecule has 5 nitrogen and oxygen atoms in total. The van der Waals surface area contributed by atoms with E-state index in [1.54, 1.807) is 36.5 Å². The van der Waals surface area contributed by atoms with Gasteiger partial charge in [0.25, 0.3) is 6.33 Å². The van der Waals surface area contributed by atoms with Crippen molar-refractivity contribution in [1.29, 1.82) is 0 Å². The second-order valence-corrected chi connectivity index (χ2v) is 21.0. The first kappa shape index (κ1) is 29.1. The number of pyridine rings is 1. The van der Waals surface area contributed by atoms with Crippen molar-refractivity contribution in [2.75, 3.05) is 0 Å². The van der Waals surface area contributed by atoms with Crippen LogP contribution >= 0.6 is 0 Å². The molecular weight excluding hydrogens is 1060 g/mol. The van der Waals surface area contributed by atoms with E-state index in [-0.39, 0.29) is 39.0 Å². The molecule has 0 fully saturated rings. The van der Waals surface area contributed by atoms with Crippen molar-refractivity contribution >= 4 is 32.8 Å². The van der Waals surface area contributed by atoms with Gasteiger partial charge in [-0.2, -0.15) is 0 Å². The van der Waals surface area contributed by atoms with E-state index in [9.17, 15) is 21.9 Å². The summed E-state index contributed by atoms with van der Waals surface area (Å²) in [5.41, 5.74) is -7.83. The second-order valence-electron chi connectivity index (χ2n) is 21.0. The van der Waals surface area contributed by atoms with E-state index in [2.05, 4.69) is 27.1 Å². The molecule has 0 aliphatic carbocycles. The number of imidazole rings is 1. The van der Waals surface area contributed by atoms with Gasteiger partial charge < -0.3 is 4.74 Å². The van der Waals surface area contributed by atoms with Crippen molar-refractivity contribution in [1.82, 2.24) is 14.1 Å². The zero-order valence-corrected chi connectivity index (χ0v) is 46.2. The molecule has 0 aliphatic heterocycles. The van der Waals surface area contributed by atoms with Crippen molar-refractivity contribution in [2.24, 2.45) is 0 Å². The first-order valence-electron chi connectivity index (χ1n) is 42.7. The lowest BCUT2D eigenvalue weighted by Crippen LogP contribution is -2.31. The van der Waals surface area contributed by atoms with Gasteiger partial charge in [-0.15, -0.1) is 0 Å². The molecule has 87 heavy (non-hydrogen) atoms. The van der Waals surface area contributed by atoms with Crippen LogP contribution in [0.5, 0.6) is 11.5 Å². The SMILES string of the molecule is [2H]c1c([2H])c([2H])c(-c2ccc3c(c2)n(-c2cccc(Oc4ccc5c6ccccc6n(-c6cc(C(C)(C)C)ccn6)c5c4)c2)[c-][n+]3-c2c(-c3c([2H])c(-c4c([2H])c([2H])c([2H])c([2H])c4[2H])c([2H])c(-c4c([2H])c([2H])c([2H])c([2H])c4[2H])c3[2H])cccc2-c2c([2H])c(-c3c([2H])c([2H])c([2H])c([2H])c3[2H])c([2H])c(-c3c([2H])c([2H])c([2H])c([2H])c3[2H])c2[2H])c([2H])c1[2H]. The second kappa shape index (κ2) is 22.1. The third-order valence-electron chi connectivity index (χ3n) is 14.5. The van der Waals surface area contributed by atoms with E-state index >= 15 is 0 Å². The zero-order chi connectivity index (χ0) is 85.4. The van der Waals surface area contributed by atoms with Crippen LogP contribution in [0.2, 0.25) is 0 Å². The number of aromatic nitrogens is 4. The van der Waals surface area contributed by atoms with Gasteiger partial charge in [-0.05, 0) is 180 Å². The predicted octanol–water partition coefficient (Wildman–Crippen LogP) is 21.0. The minimum atomic E-state index is -1.06. The highest BCUT2D eigenvalue weighted by Crippen LogP contribution is 2.42. The Balaban J connectivity index is 1.11. The van der Waals surface area contributed by atoms with Crippen molar-refractivity contribution in [3.63, 3.8) is 0 Å². The van der Waals surface area contributed by atoms with Gasteiger partial charge in [0.2, 0.25) is 0 Å². The molecule has 15 aromatic rings. The molecule has 0 spiro atoms. The molecule has 15 rings (SSSR count). The molecule has 414 valence electrons. The topological polar surface area (TPSA) is 35.9 Å². The quantitative estimate of drug-likeness (QED) is 0.0903. The van der Waals surface area contributed by atoms with Crippen LogP contribution in [0.3, 0.4) is 0 Å². The van der Waals surface area contributed by atoms with Crippen molar-refractivity contribution in [2.45, 2.75) is 26.2 Å². The largest absolute Gasteiger partial charge is 0.458 e. The monoisotopic (exact) mass is 1150 g/mol. The van der Waals surface area contributed by atoms with Gasteiger partial charge in [-0.1, -0.05) is 226 Å². The summed E-state index contributed by atoms with van der Waals surface area (Å²) in [6, 6.07) is 2.23. The van der Waals surface area contributed by atoms with Crippen LogP contribution in [-0.2, 0) is 5.41 Å². The standard InChI is InChI=1S/C82H60N4O/c1-82(2,3)68-43-44-83-80(52-68)86-76-38-20-19-35-74(76)75-41-40-71(54-78(75)86)87-70-34-21-33-69(53-70)84-55-85(77-42-39-61(51-79(77)84)56-23-9-4-10-24-56)81-72(66-47-62(57-25-11-5-12-26-57)45-63(48-66)58-27-13-6-14-28-58)36-22-37-73(81)67-49-64(59-29-15-7-16-30-59)46-65(50-67)60-31-17-8-18-32-60/h4-54H,1-3H3/i4D,5D,6D,7D,8D,9D,10D,11D,12D,13D,14D,15D,16D,17D,18D,23D,24D,25D,26D,27D,28D,29D,30D,31D,32D,45D,46D,47D,48D,49D,50D. The van der Waals surface area contributed by atoms with Gasteiger partial charge in [-0.25, -0.2) is 4.98 Å². The summed E-state index contributed by atoms with van der Waals surface area (Å²) in [6.07, 6.45) is 5.07. The Morgan fingerprint density at radius 3 is 1.46 bits per heavy atom. The van der Waals surface area contributed by atoms with Crippen LogP contribution in [0.4, 0.5) is 0 Å². The molecule has 0 saturated heterocycles. The van der Waals surface area contributed by atoms with Gasteiger partial charge >= 0.3 is 0 Å². The first-order chi connectivity index (χ1) is 55.7. The van der Waals surface area contributed by atoms with Gasteiger partial charge in [0, 0.05) is 23.0 Å². The smallest absolute Gasteiger partial charge is 0.269 e. The molecule has 0 radical (unpaired) electrons. The molecule has 0 atom stereocenters. The Kier molecular flexibility index (Phi) is 7.40. The maximum atomic E-state index is 10.5. The Labute approximate surface area is 551 Å². The minimum Gasteiger partial charge on any atom is -0.458 e. The fourth-order valence-corrected chi connectivity index (χ4v) is 10.5. The van der Waals surface area contributed by atoms with Crippen molar-refractivity contribution in [3.05, 3.63) is 321 Å². The van der Waals surface area contributed by atoms with Crippen LogP contribution in [0.25, 0.3) is 128 Å². The molecular formula is C82H60N4O. The summed E-state index contributed by atoms with van der Waals surface area (Å²) in [4.78, 5) is 4.83. The van der Waals surface area contributed by atoms with Gasteiger partial charge in [0.05, 0.1) is 75.9 Å². The van der Waals surface area contributed by atoms with E-state index < -0.39 is 260 Å². The molecule has 0 N–H and O–H groups in total. The molecule has 0 bridgehead atoms. The molecule has 5 heteroatoms. The molecule has 3 aromatic heterocycles.